The van der Waals surface area contributed by atoms with E-state index in [9.17, 15) is 14.0 Å². The maximum Gasteiger partial charge on any atom is 0.247 e. The van der Waals surface area contributed by atoms with Gasteiger partial charge < -0.3 is 10.2 Å². The lowest BCUT2D eigenvalue weighted by atomic mass is 10.1. The molecule has 5 heteroatoms. The Balaban J connectivity index is 1.74. The first-order valence-corrected chi connectivity index (χ1v) is 7.54. The van der Waals surface area contributed by atoms with Crippen molar-refractivity contribution in [3.05, 3.63) is 66.0 Å². The van der Waals surface area contributed by atoms with E-state index in [0.717, 1.165) is 5.56 Å². The highest BCUT2D eigenvalue weighted by Gasteiger charge is 2.36. The molecule has 1 aliphatic heterocycles. The van der Waals surface area contributed by atoms with Gasteiger partial charge >= 0.3 is 0 Å². The molecule has 2 aromatic rings. The summed E-state index contributed by atoms with van der Waals surface area (Å²) in [6.45, 7) is 0.384. The fourth-order valence-corrected chi connectivity index (χ4v) is 2.76. The van der Waals surface area contributed by atoms with Gasteiger partial charge in [0.25, 0.3) is 0 Å². The number of amides is 2. The van der Waals surface area contributed by atoms with Gasteiger partial charge in [0.05, 0.1) is 5.69 Å². The van der Waals surface area contributed by atoms with Crippen LogP contribution in [0.1, 0.15) is 18.4 Å². The number of anilines is 1. The number of rotatable bonds is 4. The second-order valence-corrected chi connectivity index (χ2v) is 5.53. The van der Waals surface area contributed by atoms with E-state index in [1.54, 1.807) is 17.0 Å². The number of nitrogens with one attached hydrogen (secondary N) is 1. The second-order valence-electron chi connectivity index (χ2n) is 5.53. The van der Waals surface area contributed by atoms with Gasteiger partial charge in [-0.05, 0) is 24.1 Å². The number of carbonyl (C=O) groups excluding carboxylic acids is 2. The Morgan fingerprint density at radius 1 is 1.13 bits per heavy atom. The molecule has 1 heterocycles. The Bertz CT molecular complexity index is 718. The van der Waals surface area contributed by atoms with Crippen molar-refractivity contribution < 1.29 is 14.0 Å². The Kier molecular flexibility index (Phi) is 4.37. The van der Waals surface area contributed by atoms with E-state index < -0.39 is 11.9 Å². The van der Waals surface area contributed by atoms with E-state index >= 15 is 0 Å². The van der Waals surface area contributed by atoms with Gasteiger partial charge in [0.2, 0.25) is 11.8 Å². The number of halogens is 1. The summed E-state index contributed by atoms with van der Waals surface area (Å²) in [5, 5.41) is 2.58. The van der Waals surface area contributed by atoms with Crippen LogP contribution in [0.15, 0.2) is 54.6 Å². The molecule has 2 aromatic carbocycles. The summed E-state index contributed by atoms with van der Waals surface area (Å²) in [5.41, 5.74) is 1.10. The van der Waals surface area contributed by atoms with E-state index in [1.165, 1.54) is 12.1 Å². The van der Waals surface area contributed by atoms with Crippen LogP contribution in [0.4, 0.5) is 10.1 Å². The molecular weight excluding hydrogens is 295 g/mol. The summed E-state index contributed by atoms with van der Waals surface area (Å²) < 4.78 is 13.7. The van der Waals surface area contributed by atoms with Crippen LogP contribution in [0.25, 0.3) is 0 Å². The third-order valence-corrected chi connectivity index (χ3v) is 3.96. The summed E-state index contributed by atoms with van der Waals surface area (Å²) in [4.78, 5) is 26.1. The van der Waals surface area contributed by atoms with Crippen LogP contribution in [0.3, 0.4) is 0 Å². The Morgan fingerprint density at radius 2 is 1.83 bits per heavy atom. The quantitative estimate of drug-likeness (QED) is 0.943. The van der Waals surface area contributed by atoms with Gasteiger partial charge in [-0.3, -0.25) is 9.59 Å². The van der Waals surface area contributed by atoms with Crippen LogP contribution in [0.2, 0.25) is 0 Å². The largest absolute Gasteiger partial charge is 0.326 e. The molecule has 1 fully saturated rings. The van der Waals surface area contributed by atoms with Gasteiger partial charge in [-0.2, -0.15) is 0 Å². The number of hydrogen-bond acceptors (Lipinski definition) is 2. The normalized spacial score (nSPS) is 17.3. The molecule has 1 atom stereocenters. The monoisotopic (exact) mass is 312 g/mol. The lowest BCUT2D eigenvalue weighted by molar-refractivity contribution is -0.133. The zero-order valence-electron chi connectivity index (χ0n) is 12.5. The summed E-state index contributed by atoms with van der Waals surface area (Å²) in [6.07, 6.45) is 0.786. The van der Waals surface area contributed by atoms with Crippen molar-refractivity contribution in [3.63, 3.8) is 0 Å². The van der Waals surface area contributed by atoms with Gasteiger partial charge in [-0.1, -0.05) is 42.5 Å². The Hall–Kier alpha value is -2.69. The van der Waals surface area contributed by atoms with Gasteiger partial charge in [-0.15, -0.1) is 0 Å². The highest BCUT2D eigenvalue weighted by Crippen LogP contribution is 2.23. The fourth-order valence-electron chi connectivity index (χ4n) is 2.76. The van der Waals surface area contributed by atoms with Crippen LogP contribution < -0.4 is 5.32 Å². The first-order chi connectivity index (χ1) is 11.1. The molecule has 0 aliphatic carbocycles. The summed E-state index contributed by atoms with van der Waals surface area (Å²) in [7, 11) is 0. The van der Waals surface area contributed by atoms with Crippen LogP contribution in [-0.4, -0.2) is 22.8 Å². The van der Waals surface area contributed by atoms with Crippen molar-refractivity contribution in [2.45, 2.75) is 25.4 Å². The van der Waals surface area contributed by atoms with Crippen LogP contribution in [0.5, 0.6) is 0 Å². The number of likely N-dealkylation sites (tertiary alicyclic amines) is 1. The SMILES string of the molecule is O=C(Nc1ccccc1F)C1CCC(=O)N1Cc1ccccc1. The van der Waals surface area contributed by atoms with Crippen LogP contribution in [0, 0.1) is 5.82 Å². The average Bonchev–Trinajstić information content (AvgIpc) is 2.92. The van der Waals surface area contributed by atoms with Crippen molar-refractivity contribution in [1.29, 1.82) is 0 Å². The van der Waals surface area contributed by atoms with Crippen molar-refractivity contribution >= 4 is 17.5 Å². The first-order valence-electron chi connectivity index (χ1n) is 7.54. The molecule has 1 unspecified atom stereocenters. The molecule has 0 spiro atoms. The van der Waals surface area contributed by atoms with E-state index in [2.05, 4.69) is 5.32 Å². The number of para-hydroxylation sites is 1. The minimum atomic E-state index is -0.567. The molecule has 2 amide bonds. The zero-order valence-corrected chi connectivity index (χ0v) is 12.5. The summed E-state index contributed by atoms with van der Waals surface area (Å²) >= 11 is 0. The predicted molar refractivity (Wildman–Crippen MR) is 85.0 cm³/mol. The van der Waals surface area contributed by atoms with Crippen molar-refractivity contribution in [2.75, 3.05) is 5.32 Å². The second kappa shape index (κ2) is 6.60. The maximum absolute atomic E-state index is 13.7. The number of nitrogens with zero attached hydrogens (tertiary/aromatic N) is 1. The Morgan fingerprint density at radius 3 is 2.57 bits per heavy atom. The van der Waals surface area contributed by atoms with Gasteiger partial charge in [0, 0.05) is 13.0 Å². The van der Waals surface area contributed by atoms with E-state index in [0.29, 0.717) is 19.4 Å². The van der Waals surface area contributed by atoms with Crippen molar-refractivity contribution in [2.24, 2.45) is 0 Å². The maximum atomic E-state index is 13.7. The Labute approximate surface area is 133 Å². The van der Waals surface area contributed by atoms with Gasteiger partial charge in [0.15, 0.2) is 0 Å². The molecule has 0 saturated carbocycles. The predicted octanol–water partition coefficient (Wildman–Crippen LogP) is 2.96. The standard InChI is InChI=1S/C18H17FN2O2/c19-14-8-4-5-9-15(14)20-18(23)16-10-11-17(22)21(16)12-13-6-2-1-3-7-13/h1-9,16H,10-12H2,(H,20,23). The molecule has 0 radical (unpaired) electrons. The van der Waals surface area contributed by atoms with Crippen LogP contribution >= 0.6 is 0 Å². The molecule has 0 aromatic heterocycles. The molecule has 1 aliphatic rings. The molecular formula is C18H17FN2O2. The molecule has 1 saturated heterocycles. The average molecular weight is 312 g/mol. The lowest BCUT2D eigenvalue weighted by Gasteiger charge is -2.24. The zero-order chi connectivity index (χ0) is 16.2. The van der Waals surface area contributed by atoms with E-state index in [-0.39, 0.29) is 17.5 Å². The highest BCUT2D eigenvalue weighted by atomic mass is 19.1. The number of carbonyl (C=O) groups is 2. The third-order valence-electron chi connectivity index (χ3n) is 3.96. The summed E-state index contributed by atoms with van der Waals surface area (Å²) in [6, 6.07) is 15.0. The van der Waals surface area contributed by atoms with Crippen molar-refractivity contribution in [1.82, 2.24) is 4.90 Å². The fraction of sp³-hybridized carbons (Fsp3) is 0.222. The van der Waals surface area contributed by atoms with Gasteiger partial charge in [-0.25, -0.2) is 4.39 Å². The third kappa shape index (κ3) is 3.39. The first kappa shape index (κ1) is 15.2. The van der Waals surface area contributed by atoms with E-state index in [4.69, 9.17) is 0 Å². The molecule has 23 heavy (non-hydrogen) atoms. The highest BCUT2D eigenvalue weighted by molar-refractivity contribution is 5.99. The number of benzene rings is 2. The minimum absolute atomic E-state index is 0.0532. The van der Waals surface area contributed by atoms with Crippen molar-refractivity contribution in [3.8, 4) is 0 Å². The molecule has 118 valence electrons. The van der Waals surface area contributed by atoms with Gasteiger partial charge in [0.1, 0.15) is 11.9 Å². The van der Waals surface area contributed by atoms with Crippen LogP contribution in [-0.2, 0) is 16.1 Å². The molecule has 0 bridgehead atoms. The summed E-state index contributed by atoms with van der Waals surface area (Å²) in [5.74, 6) is -0.890. The number of hydrogen-bond donors (Lipinski definition) is 1. The minimum Gasteiger partial charge on any atom is -0.326 e. The lowest BCUT2D eigenvalue weighted by Crippen LogP contribution is -2.41. The molecule has 3 rings (SSSR count). The molecule has 4 nitrogen and oxygen atoms in total. The topological polar surface area (TPSA) is 49.4 Å². The smallest absolute Gasteiger partial charge is 0.247 e. The van der Waals surface area contributed by atoms with E-state index in [1.807, 2.05) is 30.3 Å². The molecule has 1 N–H and O–H groups in total.